The first-order chi connectivity index (χ1) is 23.3. The number of hydrogen-bond acceptors (Lipinski definition) is 8. The molecule has 2 aliphatic heterocycles. The zero-order valence-corrected chi connectivity index (χ0v) is 28.7. The Morgan fingerprint density at radius 3 is 2.17 bits per heavy atom. The van der Waals surface area contributed by atoms with E-state index in [0.717, 1.165) is 58.6 Å². The fraction of sp³-hybridized carbons (Fsp3) is 0.425. The van der Waals surface area contributed by atoms with Crippen LogP contribution in [-0.4, -0.2) is 58.0 Å². The van der Waals surface area contributed by atoms with Crippen molar-refractivity contribution in [2.45, 2.75) is 83.6 Å². The Hall–Kier alpha value is -3.95. The number of fused-ring (bicyclic) bond motifs is 2. The fourth-order valence-corrected chi connectivity index (χ4v) is 5.64. The molecule has 0 saturated carbocycles. The van der Waals surface area contributed by atoms with Crippen molar-refractivity contribution in [2.24, 2.45) is 0 Å². The van der Waals surface area contributed by atoms with E-state index in [4.69, 9.17) is 33.2 Å². The van der Waals surface area contributed by atoms with Crippen molar-refractivity contribution in [1.82, 2.24) is 0 Å². The van der Waals surface area contributed by atoms with Crippen LogP contribution in [0.4, 0.5) is 0 Å². The number of hydrogen-bond donors (Lipinski definition) is 0. The highest BCUT2D eigenvalue weighted by Gasteiger charge is 2.24. The van der Waals surface area contributed by atoms with Gasteiger partial charge in [-0.15, -0.1) is 0 Å². The molecular weight excluding hydrogens is 608 g/mol. The van der Waals surface area contributed by atoms with Crippen molar-refractivity contribution in [3.63, 3.8) is 0 Å². The number of allylic oxidation sites excluding steroid dienone is 2. The lowest BCUT2D eigenvalue weighted by molar-refractivity contribution is -0.146. The summed E-state index contributed by atoms with van der Waals surface area (Å²) in [6, 6.07) is 15.5. The monoisotopic (exact) mass is 658 g/mol. The van der Waals surface area contributed by atoms with Gasteiger partial charge in [-0.05, 0) is 74.9 Å². The number of esters is 1. The highest BCUT2D eigenvalue weighted by molar-refractivity contribution is 5.82. The molecule has 4 atom stereocenters. The van der Waals surface area contributed by atoms with E-state index < -0.39 is 12.1 Å². The van der Waals surface area contributed by atoms with E-state index in [1.54, 1.807) is 20.3 Å². The van der Waals surface area contributed by atoms with Crippen molar-refractivity contribution >= 4 is 5.97 Å². The lowest BCUT2D eigenvalue weighted by atomic mass is 9.95. The van der Waals surface area contributed by atoms with Crippen molar-refractivity contribution < 1.29 is 38.0 Å². The third kappa shape index (κ3) is 13.3. The Balaban J connectivity index is 1.42. The summed E-state index contributed by atoms with van der Waals surface area (Å²) in [5, 5.41) is 0. The fourth-order valence-electron chi connectivity index (χ4n) is 5.64. The third-order valence-corrected chi connectivity index (χ3v) is 8.09. The van der Waals surface area contributed by atoms with Gasteiger partial charge in [0.25, 0.3) is 0 Å². The van der Waals surface area contributed by atoms with E-state index in [-0.39, 0.29) is 31.7 Å². The van der Waals surface area contributed by atoms with E-state index in [2.05, 4.69) is 24.8 Å². The van der Waals surface area contributed by atoms with Crippen LogP contribution in [0.1, 0.15) is 57.1 Å². The van der Waals surface area contributed by atoms with Gasteiger partial charge in [-0.25, -0.2) is 4.79 Å². The standard InChI is InChI=1S/C40H50O8/c1-29-8-6-11-40(41)48-39(27-44-25-32-12-16-34(42-4)17-13-32)24-31(3)23-38-22-30(2)21-37(47-38)10-7-9-36(20-29)46-28-45-26-33-14-18-35(43-5)19-15-33/h6-9,11-19,23,36-39H,2,10,20-22,24-28H2,1,3-5H3/b9-7+,11-6+,29-8-,31-23+/t36-,37-,38-,39-/m1/s1. The van der Waals surface area contributed by atoms with Gasteiger partial charge < -0.3 is 33.2 Å². The molecule has 4 rings (SSSR count). The van der Waals surface area contributed by atoms with Crippen LogP contribution in [0.5, 0.6) is 11.5 Å². The van der Waals surface area contributed by atoms with Crippen LogP contribution in [0.3, 0.4) is 0 Å². The summed E-state index contributed by atoms with van der Waals surface area (Å²) >= 11 is 0. The van der Waals surface area contributed by atoms with Crippen LogP contribution in [0.2, 0.25) is 0 Å². The minimum absolute atomic E-state index is 0.0171. The molecule has 1 saturated heterocycles. The Kier molecular flexibility index (Phi) is 15.2. The average Bonchev–Trinajstić information content (AvgIpc) is 3.06. The molecule has 2 heterocycles. The zero-order valence-electron chi connectivity index (χ0n) is 28.7. The van der Waals surface area contributed by atoms with E-state index >= 15 is 0 Å². The molecule has 0 aliphatic carbocycles. The number of rotatable bonds is 11. The quantitative estimate of drug-likeness (QED) is 0.104. The maximum atomic E-state index is 12.9. The Morgan fingerprint density at radius 1 is 0.833 bits per heavy atom. The molecule has 2 aliphatic rings. The molecule has 1 fully saturated rings. The van der Waals surface area contributed by atoms with Gasteiger partial charge in [0.05, 0.1) is 52.4 Å². The average molecular weight is 659 g/mol. The molecule has 2 aromatic carbocycles. The first kappa shape index (κ1) is 36.9. The number of methoxy groups -OCH3 is 2. The molecule has 8 heteroatoms. The van der Waals surface area contributed by atoms with E-state index in [1.807, 2.05) is 68.5 Å². The maximum absolute atomic E-state index is 12.9. The maximum Gasteiger partial charge on any atom is 0.331 e. The molecule has 48 heavy (non-hydrogen) atoms. The molecule has 0 unspecified atom stereocenters. The smallest absolute Gasteiger partial charge is 0.331 e. The van der Waals surface area contributed by atoms with Crippen LogP contribution in [0.15, 0.2) is 108 Å². The predicted octanol–water partition coefficient (Wildman–Crippen LogP) is 7.98. The van der Waals surface area contributed by atoms with E-state index in [1.165, 1.54) is 6.08 Å². The van der Waals surface area contributed by atoms with Crippen LogP contribution in [0, 0.1) is 0 Å². The number of benzene rings is 2. The van der Waals surface area contributed by atoms with Gasteiger partial charge in [-0.3, -0.25) is 0 Å². The summed E-state index contributed by atoms with van der Waals surface area (Å²) < 4.78 is 40.8. The summed E-state index contributed by atoms with van der Waals surface area (Å²) in [6.45, 7) is 9.58. The molecule has 2 aromatic rings. The highest BCUT2D eigenvalue weighted by Crippen LogP contribution is 2.28. The minimum atomic E-state index is -0.457. The predicted molar refractivity (Wildman–Crippen MR) is 187 cm³/mol. The van der Waals surface area contributed by atoms with Gasteiger partial charge in [0, 0.05) is 12.5 Å². The van der Waals surface area contributed by atoms with Crippen molar-refractivity contribution in [3.8, 4) is 11.5 Å². The van der Waals surface area contributed by atoms with Gasteiger partial charge in [-0.2, -0.15) is 0 Å². The molecule has 8 nitrogen and oxygen atoms in total. The molecule has 0 amide bonds. The molecule has 0 radical (unpaired) electrons. The molecule has 258 valence electrons. The molecule has 0 N–H and O–H groups in total. The number of ether oxygens (including phenoxy) is 7. The second-order valence-corrected chi connectivity index (χ2v) is 12.4. The van der Waals surface area contributed by atoms with Crippen LogP contribution in [0.25, 0.3) is 0 Å². The topological polar surface area (TPSA) is 81.7 Å². The first-order valence-electron chi connectivity index (χ1n) is 16.5. The van der Waals surface area contributed by atoms with E-state index in [9.17, 15) is 4.79 Å². The lowest BCUT2D eigenvalue weighted by Gasteiger charge is -2.30. The molecule has 2 bridgehead atoms. The van der Waals surface area contributed by atoms with Crippen molar-refractivity contribution in [1.29, 1.82) is 0 Å². The molecular formula is C40H50O8. The molecule has 0 aromatic heterocycles. The van der Waals surface area contributed by atoms with Gasteiger partial charge in [0.2, 0.25) is 0 Å². The first-order valence-corrected chi connectivity index (χ1v) is 16.5. The summed E-state index contributed by atoms with van der Waals surface area (Å²) in [7, 11) is 3.29. The highest BCUT2D eigenvalue weighted by atomic mass is 16.7. The minimum Gasteiger partial charge on any atom is -0.497 e. The second kappa shape index (κ2) is 19.8. The zero-order chi connectivity index (χ0) is 34.1. The molecule has 0 spiro atoms. The van der Waals surface area contributed by atoms with Crippen LogP contribution < -0.4 is 9.47 Å². The summed E-state index contributed by atoms with van der Waals surface area (Å²) in [6.07, 6.45) is 14.2. The third-order valence-electron chi connectivity index (χ3n) is 8.09. The summed E-state index contributed by atoms with van der Waals surface area (Å²) in [5.74, 6) is 1.17. The second-order valence-electron chi connectivity index (χ2n) is 12.4. The van der Waals surface area contributed by atoms with Crippen molar-refractivity contribution in [3.05, 3.63) is 119 Å². The van der Waals surface area contributed by atoms with Crippen molar-refractivity contribution in [2.75, 3.05) is 27.6 Å². The lowest BCUT2D eigenvalue weighted by Crippen LogP contribution is -2.28. The Bertz CT molecular complexity index is 1420. The SMILES string of the molecule is C=C1C[C@H]2C/C=C/[C@@H](OCOCc3ccc(OC)cc3)C/C(C)=C\C=C\C(=O)O[C@@H](COCc3ccc(OC)cc3)C/C(C)=C/[C@@H](C1)O2. The Morgan fingerprint density at radius 2 is 1.50 bits per heavy atom. The van der Waals surface area contributed by atoms with Gasteiger partial charge >= 0.3 is 5.97 Å². The summed E-state index contributed by atoms with van der Waals surface area (Å²) in [4.78, 5) is 12.9. The number of cyclic esters (lactones) is 1. The van der Waals surface area contributed by atoms with Gasteiger partial charge in [0.1, 0.15) is 24.4 Å². The number of carbonyl (C=O) groups is 1. The number of carbonyl (C=O) groups excluding carboxylic acids is 1. The normalized spacial score (nSPS) is 26.1. The Labute approximate surface area is 285 Å². The van der Waals surface area contributed by atoms with Gasteiger partial charge in [-0.1, -0.05) is 77.9 Å². The van der Waals surface area contributed by atoms with E-state index in [0.29, 0.717) is 26.1 Å². The summed E-state index contributed by atoms with van der Waals surface area (Å²) in [5.41, 5.74) is 5.32. The van der Waals surface area contributed by atoms with Gasteiger partial charge in [0.15, 0.2) is 0 Å². The van der Waals surface area contributed by atoms with Crippen LogP contribution in [-0.2, 0) is 41.7 Å². The van der Waals surface area contributed by atoms with Crippen LogP contribution >= 0.6 is 0 Å². The largest absolute Gasteiger partial charge is 0.497 e.